The van der Waals surface area contributed by atoms with Crippen molar-refractivity contribution < 1.29 is 9.59 Å². The van der Waals surface area contributed by atoms with E-state index in [9.17, 15) is 14.9 Å². The van der Waals surface area contributed by atoms with Crippen LogP contribution in [-0.4, -0.2) is 48.7 Å². The molecule has 2 aliphatic carbocycles. The minimum Gasteiger partial charge on any atom is -0.370 e. The summed E-state index contributed by atoms with van der Waals surface area (Å²) in [5.41, 5.74) is 3.88. The summed E-state index contributed by atoms with van der Waals surface area (Å²) in [6.07, 6.45) is 5.09. The highest BCUT2D eigenvalue weighted by molar-refractivity contribution is 6.10. The Bertz CT molecular complexity index is 862. The van der Waals surface area contributed by atoms with E-state index in [-0.39, 0.29) is 23.7 Å². The van der Waals surface area contributed by atoms with Gasteiger partial charge in [0.05, 0.1) is 5.70 Å². The van der Waals surface area contributed by atoms with Crippen molar-refractivity contribution in [3.05, 3.63) is 40.5 Å². The van der Waals surface area contributed by atoms with Gasteiger partial charge >= 0.3 is 0 Å². The van der Waals surface area contributed by atoms with Crippen LogP contribution < -0.4 is 0 Å². The molecule has 4 rings (SSSR count). The third-order valence-corrected chi connectivity index (χ3v) is 6.09. The van der Waals surface area contributed by atoms with Gasteiger partial charge in [0, 0.05) is 44.7 Å². The number of hydrogen-bond acceptors (Lipinski definition) is 4. The number of benzene rings is 1. The molecule has 134 valence electrons. The second-order valence-corrected chi connectivity index (χ2v) is 7.99. The van der Waals surface area contributed by atoms with E-state index in [0.717, 1.165) is 42.8 Å². The predicted octanol–water partition coefficient (Wildman–Crippen LogP) is 2.62. The van der Waals surface area contributed by atoms with Crippen LogP contribution in [0.1, 0.15) is 47.2 Å². The first kappa shape index (κ1) is 16.8. The molecule has 1 saturated carbocycles. The Labute approximate surface area is 153 Å². The SMILES string of the molecule is CN(C)C(=O)c1ccc2c(c1)C(N1CCC3(CC1)CC3)=C(C#N)C(=O)C2. The van der Waals surface area contributed by atoms with E-state index in [4.69, 9.17) is 0 Å². The van der Waals surface area contributed by atoms with Crippen molar-refractivity contribution in [3.63, 3.8) is 0 Å². The summed E-state index contributed by atoms with van der Waals surface area (Å²) < 4.78 is 0. The third kappa shape index (κ3) is 2.70. The zero-order valence-electron chi connectivity index (χ0n) is 15.3. The second kappa shape index (κ2) is 5.98. The maximum atomic E-state index is 12.5. The van der Waals surface area contributed by atoms with Gasteiger partial charge in [-0.2, -0.15) is 5.26 Å². The van der Waals surface area contributed by atoms with Crippen molar-refractivity contribution in [3.8, 4) is 6.07 Å². The molecular weight excluding hydrogens is 326 g/mol. The topological polar surface area (TPSA) is 64.4 Å². The van der Waals surface area contributed by atoms with Gasteiger partial charge < -0.3 is 9.80 Å². The van der Waals surface area contributed by atoms with Crippen molar-refractivity contribution in [1.82, 2.24) is 9.80 Å². The number of nitrogens with zero attached hydrogens (tertiary/aromatic N) is 3. The van der Waals surface area contributed by atoms with Gasteiger partial charge in [0.2, 0.25) is 0 Å². The predicted molar refractivity (Wildman–Crippen MR) is 98.2 cm³/mol. The van der Waals surface area contributed by atoms with Gasteiger partial charge in [0.25, 0.3) is 5.91 Å². The van der Waals surface area contributed by atoms with Crippen LogP contribution in [0.25, 0.3) is 5.70 Å². The van der Waals surface area contributed by atoms with E-state index in [2.05, 4.69) is 11.0 Å². The number of rotatable bonds is 2. The fourth-order valence-electron chi connectivity index (χ4n) is 4.20. The Morgan fingerprint density at radius 1 is 1.19 bits per heavy atom. The van der Waals surface area contributed by atoms with Crippen molar-refractivity contribution in [2.45, 2.75) is 32.1 Å². The fraction of sp³-hybridized carbons (Fsp3) is 0.476. The normalized spacial score (nSPS) is 20.7. The van der Waals surface area contributed by atoms with Gasteiger partial charge in [-0.3, -0.25) is 9.59 Å². The number of piperidine rings is 1. The first-order chi connectivity index (χ1) is 12.4. The standard InChI is InChI=1S/C21H23N3O2/c1-23(2)20(26)15-4-3-14-12-18(25)17(13-22)19(16(14)11-15)24-9-7-21(5-6-21)8-10-24/h3-4,11H,5-10,12H2,1-2H3. The fourth-order valence-corrected chi connectivity index (χ4v) is 4.20. The van der Waals surface area contributed by atoms with Crippen LogP contribution >= 0.6 is 0 Å². The molecule has 1 aromatic rings. The number of fused-ring (bicyclic) bond motifs is 1. The molecule has 1 heterocycles. The van der Waals surface area contributed by atoms with Crippen LogP contribution in [0.2, 0.25) is 0 Å². The molecule has 1 saturated heterocycles. The maximum absolute atomic E-state index is 12.5. The Balaban J connectivity index is 1.77. The molecule has 5 nitrogen and oxygen atoms in total. The van der Waals surface area contributed by atoms with Crippen molar-refractivity contribution in [1.29, 1.82) is 5.26 Å². The van der Waals surface area contributed by atoms with E-state index >= 15 is 0 Å². The minimum absolute atomic E-state index is 0.0712. The van der Waals surface area contributed by atoms with E-state index < -0.39 is 0 Å². The van der Waals surface area contributed by atoms with Crippen molar-refractivity contribution >= 4 is 17.4 Å². The van der Waals surface area contributed by atoms with Gasteiger partial charge in [0.15, 0.2) is 5.78 Å². The molecule has 3 aliphatic rings. The summed E-state index contributed by atoms with van der Waals surface area (Å²) >= 11 is 0. The first-order valence-electron chi connectivity index (χ1n) is 9.22. The highest BCUT2D eigenvalue weighted by Crippen LogP contribution is 2.54. The number of likely N-dealkylation sites (tertiary alicyclic amines) is 1. The Hall–Kier alpha value is -2.61. The molecule has 0 atom stereocenters. The van der Waals surface area contributed by atoms with E-state index in [0.29, 0.717) is 11.0 Å². The molecule has 26 heavy (non-hydrogen) atoms. The molecule has 1 aromatic carbocycles. The van der Waals surface area contributed by atoms with Crippen LogP contribution in [-0.2, 0) is 11.2 Å². The number of carbonyl (C=O) groups is 2. The summed E-state index contributed by atoms with van der Waals surface area (Å²) in [6, 6.07) is 7.64. The molecule has 5 heteroatoms. The highest BCUT2D eigenvalue weighted by atomic mass is 16.2. The highest BCUT2D eigenvalue weighted by Gasteiger charge is 2.45. The van der Waals surface area contributed by atoms with Gasteiger partial charge in [-0.25, -0.2) is 0 Å². The van der Waals surface area contributed by atoms with Gasteiger partial charge in [-0.05, 0) is 48.8 Å². The molecule has 0 aromatic heterocycles. The molecule has 1 aliphatic heterocycles. The molecule has 1 spiro atoms. The number of allylic oxidation sites excluding steroid dienone is 1. The van der Waals surface area contributed by atoms with Crippen LogP contribution in [0.5, 0.6) is 0 Å². The summed E-state index contributed by atoms with van der Waals surface area (Å²) in [5.74, 6) is -0.188. The number of hydrogen-bond donors (Lipinski definition) is 0. The molecule has 0 bridgehead atoms. The number of nitriles is 1. The van der Waals surface area contributed by atoms with Gasteiger partial charge in [0.1, 0.15) is 11.6 Å². The Kier molecular flexibility index (Phi) is 3.87. The van der Waals surface area contributed by atoms with E-state index in [1.54, 1.807) is 25.1 Å². The molecule has 2 fully saturated rings. The lowest BCUT2D eigenvalue weighted by Crippen LogP contribution is -2.36. The minimum atomic E-state index is -0.117. The lowest BCUT2D eigenvalue weighted by Gasteiger charge is -2.37. The largest absolute Gasteiger partial charge is 0.370 e. The smallest absolute Gasteiger partial charge is 0.253 e. The summed E-state index contributed by atoms with van der Waals surface area (Å²) in [7, 11) is 3.45. The van der Waals surface area contributed by atoms with Crippen molar-refractivity contribution in [2.24, 2.45) is 5.41 Å². The molecular formula is C21H23N3O2. The number of ketones is 1. The van der Waals surface area contributed by atoms with Gasteiger partial charge in [-0.15, -0.1) is 0 Å². The van der Waals surface area contributed by atoms with Crippen LogP contribution in [0, 0.1) is 16.7 Å². The van der Waals surface area contributed by atoms with Crippen LogP contribution in [0.3, 0.4) is 0 Å². The molecule has 1 amide bonds. The lowest BCUT2D eigenvalue weighted by atomic mass is 9.85. The average Bonchev–Trinajstić information content (AvgIpc) is 3.39. The van der Waals surface area contributed by atoms with Crippen LogP contribution in [0.4, 0.5) is 0 Å². The lowest BCUT2D eigenvalue weighted by molar-refractivity contribution is -0.114. The maximum Gasteiger partial charge on any atom is 0.253 e. The first-order valence-corrected chi connectivity index (χ1v) is 9.22. The summed E-state index contributed by atoms with van der Waals surface area (Å²) in [4.78, 5) is 28.7. The molecule has 0 unspecified atom stereocenters. The number of carbonyl (C=O) groups excluding carboxylic acids is 2. The zero-order chi connectivity index (χ0) is 18.5. The summed E-state index contributed by atoms with van der Waals surface area (Å²) in [6.45, 7) is 1.75. The Morgan fingerprint density at radius 2 is 1.88 bits per heavy atom. The number of amides is 1. The summed E-state index contributed by atoms with van der Waals surface area (Å²) in [5, 5.41) is 9.64. The molecule has 0 radical (unpaired) electrons. The Morgan fingerprint density at radius 3 is 2.46 bits per heavy atom. The quantitative estimate of drug-likeness (QED) is 0.823. The van der Waals surface area contributed by atoms with Crippen molar-refractivity contribution in [2.75, 3.05) is 27.2 Å². The van der Waals surface area contributed by atoms with E-state index in [1.807, 2.05) is 12.1 Å². The third-order valence-electron chi connectivity index (χ3n) is 6.09. The van der Waals surface area contributed by atoms with Gasteiger partial charge in [-0.1, -0.05) is 6.07 Å². The monoisotopic (exact) mass is 349 g/mol. The van der Waals surface area contributed by atoms with E-state index in [1.165, 1.54) is 12.8 Å². The van der Waals surface area contributed by atoms with Crippen LogP contribution in [0.15, 0.2) is 23.8 Å². The average molecular weight is 349 g/mol. The zero-order valence-corrected chi connectivity index (χ0v) is 15.3. The number of Topliss-reactive ketones (excluding diaryl/α,β-unsaturated/α-hetero) is 1. The second-order valence-electron chi connectivity index (χ2n) is 7.99. The molecule has 0 N–H and O–H groups in total.